The van der Waals surface area contributed by atoms with Crippen molar-refractivity contribution in [2.75, 3.05) is 20.3 Å². The SMILES string of the molecule is COc1cc(C=C2CC[C@H]3COC[C@@H](c4ccc(F)cc4)N3C2=O)ccc1-n1cnc(C)c1. The van der Waals surface area contributed by atoms with Gasteiger partial charge in [0.05, 0.1) is 50.1 Å². The molecule has 0 N–H and O–H groups in total. The summed E-state index contributed by atoms with van der Waals surface area (Å²) >= 11 is 0. The summed E-state index contributed by atoms with van der Waals surface area (Å²) in [5.74, 6) is 0.427. The van der Waals surface area contributed by atoms with Crippen LogP contribution in [-0.4, -0.2) is 46.7 Å². The fraction of sp³-hybridized carbons (Fsp3) is 0.308. The van der Waals surface area contributed by atoms with Gasteiger partial charge in [0.25, 0.3) is 5.91 Å². The van der Waals surface area contributed by atoms with Gasteiger partial charge < -0.3 is 18.9 Å². The van der Waals surface area contributed by atoms with E-state index in [1.165, 1.54) is 12.1 Å². The van der Waals surface area contributed by atoms with Gasteiger partial charge in [-0.1, -0.05) is 18.2 Å². The molecule has 2 aliphatic rings. The van der Waals surface area contributed by atoms with E-state index in [-0.39, 0.29) is 23.8 Å². The minimum Gasteiger partial charge on any atom is -0.495 e. The molecule has 0 aliphatic carbocycles. The molecule has 2 fully saturated rings. The quantitative estimate of drug-likeness (QED) is 0.554. The Balaban J connectivity index is 1.44. The molecule has 0 saturated carbocycles. The molecule has 0 unspecified atom stereocenters. The first kappa shape index (κ1) is 21.4. The lowest BCUT2D eigenvalue weighted by Gasteiger charge is -2.45. The first-order valence-electron chi connectivity index (χ1n) is 11.1. The summed E-state index contributed by atoms with van der Waals surface area (Å²) in [6.07, 6.45) is 7.16. The van der Waals surface area contributed by atoms with Gasteiger partial charge in [-0.3, -0.25) is 4.79 Å². The minimum atomic E-state index is -0.291. The lowest BCUT2D eigenvalue weighted by Crippen LogP contribution is -2.53. The first-order valence-corrected chi connectivity index (χ1v) is 11.1. The zero-order valence-electron chi connectivity index (χ0n) is 18.7. The highest BCUT2D eigenvalue weighted by Crippen LogP contribution is 2.36. The van der Waals surface area contributed by atoms with E-state index in [2.05, 4.69) is 4.98 Å². The van der Waals surface area contributed by atoms with Crippen molar-refractivity contribution in [3.63, 3.8) is 0 Å². The number of rotatable bonds is 4. The van der Waals surface area contributed by atoms with E-state index in [9.17, 15) is 9.18 Å². The number of carbonyl (C=O) groups excluding carboxylic acids is 1. The number of aryl methyl sites for hydroxylation is 1. The van der Waals surface area contributed by atoms with Crippen LogP contribution in [0.3, 0.4) is 0 Å². The van der Waals surface area contributed by atoms with Crippen LogP contribution < -0.4 is 4.74 Å². The lowest BCUT2D eigenvalue weighted by atomic mass is 9.91. The number of piperidine rings is 1. The second-order valence-corrected chi connectivity index (χ2v) is 8.53. The Morgan fingerprint density at radius 1 is 1.18 bits per heavy atom. The van der Waals surface area contributed by atoms with Crippen LogP contribution >= 0.6 is 0 Å². The zero-order chi connectivity index (χ0) is 22.9. The van der Waals surface area contributed by atoms with Crippen LogP contribution in [0.15, 0.2) is 60.6 Å². The van der Waals surface area contributed by atoms with Gasteiger partial charge in [0, 0.05) is 11.8 Å². The maximum Gasteiger partial charge on any atom is 0.250 e. The Hall–Kier alpha value is -3.45. The smallest absolute Gasteiger partial charge is 0.250 e. The number of carbonyl (C=O) groups is 1. The number of methoxy groups -OCH3 is 1. The third-order valence-corrected chi connectivity index (χ3v) is 6.36. The summed E-state index contributed by atoms with van der Waals surface area (Å²) in [5.41, 5.74) is 4.36. The summed E-state index contributed by atoms with van der Waals surface area (Å²) in [7, 11) is 1.64. The van der Waals surface area contributed by atoms with E-state index >= 15 is 0 Å². The lowest BCUT2D eigenvalue weighted by molar-refractivity contribution is -0.145. The van der Waals surface area contributed by atoms with E-state index in [1.807, 2.05) is 46.9 Å². The van der Waals surface area contributed by atoms with Crippen LogP contribution in [0.2, 0.25) is 0 Å². The molecular formula is C26H26FN3O3. The summed E-state index contributed by atoms with van der Waals surface area (Å²) in [6, 6.07) is 12.0. The van der Waals surface area contributed by atoms with E-state index in [0.29, 0.717) is 25.4 Å². The maximum absolute atomic E-state index is 13.5. The Bertz CT molecular complexity index is 1200. The maximum atomic E-state index is 13.5. The second kappa shape index (κ2) is 8.83. The Morgan fingerprint density at radius 3 is 2.73 bits per heavy atom. The van der Waals surface area contributed by atoms with Gasteiger partial charge in [0.15, 0.2) is 0 Å². The van der Waals surface area contributed by atoms with Crippen molar-refractivity contribution in [3.8, 4) is 11.4 Å². The van der Waals surface area contributed by atoms with Gasteiger partial charge in [-0.15, -0.1) is 0 Å². The van der Waals surface area contributed by atoms with Crippen molar-refractivity contribution in [1.29, 1.82) is 0 Å². The predicted molar refractivity (Wildman–Crippen MR) is 123 cm³/mol. The van der Waals surface area contributed by atoms with Crippen molar-refractivity contribution in [2.45, 2.75) is 31.8 Å². The summed E-state index contributed by atoms with van der Waals surface area (Å²) in [6.45, 7) is 2.88. The molecule has 0 radical (unpaired) electrons. The molecule has 2 saturated heterocycles. The van der Waals surface area contributed by atoms with Gasteiger partial charge in [-0.05, 0) is 61.2 Å². The van der Waals surface area contributed by atoms with Crippen LogP contribution in [0, 0.1) is 12.7 Å². The van der Waals surface area contributed by atoms with Crippen molar-refractivity contribution in [1.82, 2.24) is 14.5 Å². The molecule has 1 aromatic heterocycles. The number of nitrogens with zero attached hydrogens (tertiary/aromatic N) is 3. The molecule has 170 valence electrons. The van der Waals surface area contributed by atoms with E-state index in [0.717, 1.165) is 34.5 Å². The molecule has 3 heterocycles. The molecule has 33 heavy (non-hydrogen) atoms. The van der Waals surface area contributed by atoms with Crippen LogP contribution in [-0.2, 0) is 9.53 Å². The molecule has 5 rings (SSSR count). The van der Waals surface area contributed by atoms with Gasteiger partial charge in [-0.2, -0.15) is 0 Å². The number of ether oxygens (including phenoxy) is 2. The zero-order valence-corrected chi connectivity index (χ0v) is 18.7. The number of morpholine rings is 1. The van der Waals surface area contributed by atoms with E-state index < -0.39 is 0 Å². The highest BCUT2D eigenvalue weighted by Gasteiger charge is 2.40. The fourth-order valence-corrected chi connectivity index (χ4v) is 4.68. The average molecular weight is 448 g/mol. The first-order chi connectivity index (χ1) is 16.0. The molecular weight excluding hydrogens is 421 g/mol. The molecule has 3 aromatic rings. The van der Waals surface area contributed by atoms with Gasteiger partial charge in [0.1, 0.15) is 11.6 Å². The summed E-state index contributed by atoms with van der Waals surface area (Å²) in [4.78, 5) is 19.8. The van der Waals surface area contributed by atoms with Crippen LogP contribution in [0.5, 0.6) is 5.75 Å². The Labute approximate surface area is 192 Å². The highest BCUT2D eigenvalue weighted by atomic mass is 19.1. The number of aromatic nitrogens is 2. The number of amides is 1. The molecule has 0 bridgehead atoms. The van der Waals surface area contributed by atoms with Gasteiger partial charge >= 0.3 is 0 Å². The van der Waals surface area contributed by atoms with Crippen molar-refractivity contribution in [3.05, 3.63) is 83.2 Å². The predicted octanol–water partition coefficient (Wildman–Crippen LogP) is 4.47. The fourth-order valence-electron chi connectivity index (χ4n) is 4.68. The summed E-state index contributed by atoms with van der Waals surface area (Å²) < 4.78 is 26.8. The van der Waals surface area contributed by atoms with Crippen molar-refractivity contribution < 1.29 is 18.7 Å². The monoisotopic (exact) mass is 447 g/mol. The highest BCUT2D eigenvalue weighted by molar-refractivity contribution is 5.99. The Morgan fingerprint density at radius 2 is 2.00 bits per heavy atom. The normalized spacial score (nSPS) is 21.8. The van der Waals surface area contributed by atoms with Crippen molar-refractivity contribution in [2.24, 2.45) is 0 Å². The molecule has 7 heteroatoms. The van der Waals surface area contributed by atoms with Crippen LogP contribution in [0.25, 0.3) is 11.8 Å². The third-order valence-electron chi connectivity index (χ3n) is 6.36. The van der Waals surface area contributed by atoms with E-state index in [1.54, 1.807) is 25.6 Å². The third kappa shape index (κ3) is 4.16. The van der Waals surface area contributed by atoms with Crippen LogP contribution in [0.1, 0.15) is 35.7 Å². The number of hydrogen-bond acceptors (Lipinski definition) is 4. The molecule has 0 spiro atoms. The average Bonchev–Trinajstić information content (AvgIpc) is 3.27. The number of halogens is 1. The largest absolute Gasteiger partial charge is 0.495 e. The topological polar surface area (TPSA) is 56.6 Å². The summed E-state index contributed by atoms with van der Waals surface area (Å²) in [5, 5.41) is 0. The minimum absolute atomic E-state index is 0.0113. The molecule has 2 aliphatic heterocycles. The number of hydrogen-bond donors (Lipinski definition) is 0. The van der Waals surface area contributed by atoms with E-state index in [4.69, 9.17) is 9.47 Å². The second-order valence-electron chi connectivity index (χ2n) is 8.53. The number of imidazole rings is 1. The standard InChI is InChI=1S/C26H26FN3O3/c1-17-13-29(16-28-17)23-10-3-18(12-25(23)32-2)11-20-6-9-22-14-33-15-24(30(22)26(20)31)19-4-7-21(27)8-5-19/h3-5,7-8,10-13,16,22,24H,6,9,14-15H2,1-2H3/t22-,24-/m0/s1. The number of benzene rings is 2. The van der Waals surface area contributed by atoms with Gasteiger partial charge in [0.2, 0.25) is 0 Å². The van der Waals surface area contributed by atoms with Crippen LogP contribution in [0.4, 0.5) is 4.39 Å². The number of fused-ring (bicyclic) bond motifs is 1. The van der Waals surface area contributed by atoms with Crippen molar-refractivity contribution >= 4 is 12.0 Å². The molecule has 2 aromatic carbocycles. The molecule has 2 atom stereocenters. The molecule has 6 nitrogen and oxygen atoms in total. The van der Waals surface area contributed by atoms with Gasteiger partial charge in [-0.25, -0.2) is 9.37 Å². The Kier molecular flexibility index (Phi) is 5.72. The molecule has 1 amide bonds.